The van der Waals surface area contributed by atoms with Crippen LogP contribution in [0.2, 0.25) is 5.02 Å². The maximum absolute atomic E-state index is 12.6. The molecule has 2 aromatic rings. The number of carbonyl (C=O) groups excluding carboxylic acids is 1. The predicted molar refractivity (Wildman–Crippen MR) is 105 cm³/mol. The van der Waals surface area contributed by atoms with Gasteiger partial charge < -0.3 is 10.2 Å². The Bertz CT molecular complexity index is 702. The van der Waals surface area contributed by atoms with Crippen molar-refractivity contribution in [2.45, 2.75) is 24.2 Å². The van der Waals surface area contributed by atoms with E-state index in [2.05, 4.69) is 15.2 Å². The molecule has 1 aromatic heterocycles. The van der Waals surface area contributed by atoms with Crippen LogP contribution < -0.4 is 10.2 Å². The number of halogens is 1. The van der Waals surface area contributed by atoms with E-state index in [1.54, 1.807) is 18.0 Å². The van der Waals surface area contributed by atoms with Crippen molar-refractivity contribution in [1.82, 2.24) is 10.3 Å². The van der Waals surface area contributed by atoms with Crippen LogP contribution in [0.3, 0.4) is 0 Å². The summed E-state index contributed by atoms with van der Waals surface area (Å²) in [5, 5.41) is 3.74. The number of anilines is 1. The van der Waals surface area contributed by atoms with Gasteiger partial charge in [-0.2, -0.15) is 0 Å². The average Bonchev–Trinajstić information content (AvgIpc) is 2.67. The molecule has 1 fully saturated rings. The van der Waals surface area contributed by atoms with Gasteiger partial charge in [0.25, 0.3) is 5.91 Å². The first-order chi connectivity index (χ1) is 12.2. The highest BCUT2D eigenvalue weighted by atomic mass is 35.5. The Morgan fingerprint density at radius 3 is 2.68 bits per heavy atom. The highest BCUT2D eigenvalue weighted by molar-refractivity contribution is 7.99. The topological polar surface area (TPSA) is 45.2 Å². The fraction of sp³-hybridized carbons (Fsp3) is 0.368. The predicted octanol–water partition coefficient (Wildman–Crippen LogP) is 4.25. The smallest absolute Gasteiger partial charge is 0.255 e. The number of hydrogen-bond donors (Lipinski definition) is 1. The van der Waals surface area contributed by atoms with Crippen molar-refractivity contribution in [2.24, 2.45) is 0 Å². The summed E-state index contributed by atoms with van der Waals surface area (Å²) in [7, 11) is 0. The molecule has 2 heterocycles. The lowest BCUT2D eigenvalue weighted by molar-refractivity contribution is 0.0956. The fourth-order valence-electron chi connectivity index (χ4n) is 2.89. The van der Waals surface area contributed by atoms with Crippen molar-refractivity contribution < 1.29 is 4.79 Å². The summed E-state index contributed by atoms with van der Waals surface area (Å²) in [6.07, 6.45) is 5.34. The second kappa shape index (κ2) is 9.11. The number of hydrogen-bond acceptors (Lipinski definition) is 4. The second-order valence-electron chi connectivity index (χ2n) is 5.98. The van der Waals surface area contributed by atoms with Crippen molar-refractivity contribution in [1.29, 1.82) is 0 Å². The normalized spacial score (nSPS) is 14.4. The molecule has 3 rings (SSSR count). The molecule has 1 aliphatic rings. The van der Waals surface area contributed by atoms with Crippen LogP contribution in [-0.4, -0.2) is 36.3 Å². The van der Waals surface area contributed by atoms with E-state index in [1.165, 1.54) is 6.42 Å². The monoisotopic (exact) mass is 375 g/mol. The summed E-state index contributed by atoms with van der Waals surface area (Å²) in [4.78, 5) is 20.4. The molecule has 1 N–H and O–H groups in total. The highest BCUT2D eigenvalue weighted by Gasteiger charge is 2.19. The molecule has 25 heavy (non-hydrogen) atoms. The number of pyridine rings is 1. The molecule has 0 saturated carbocycles. The molecular weight excluding hydrogens is 354 g/mol. The molecule has 6 heteroatoms. The summed E-state index contributed by atoms with van der Waals surface area (Å²) in [5.41, 5.74) is 0.667. The molecule has 132 valence electrons. The zero-order valence-electron chi connectivity index (χ0n) is 14.1. The molecule has 4 nitrogen and oxygen atoms in total. The summed E-state index contributed by atoms with van der Waals surface area (Å²) in [5.74, 6) is 1.57. The minimum absolute atomic E-state index is 0.0506. The van der Waals surface area contributed by atoms with Gasteiger partial charge in [-0.25, -0.2) is 4.98 Å². The SMILES string of the molecule is O=C(NCCSc1ccc(Cl)cc1)c1cccnc1N1CCCCC1. The van der Waals surface area contributed by atoms with Crippen molar-refractivity contribution in [3.05, 3.63) is 53.2 Å². The summed E-state index contributed by atoms with van der Waals surface area (Å²) >= 11 is 7.58. The van der Waals surface area contributed by atoms with E-state index in [9.17, 15) is 4.79 Å². The van der Waals surface area contributed by atoms with Gasteiger partial charge in [0.2, 0.25) is 0 Å². The first kappa shape index (κ1) is 18.1. The molecule has 0 aliphatic carbocycles. The van der Waals surface area contributed by atoms with Crippen molar-refractivity contribution in [3.63, 3.8) is 0 Å². The number of aromatic nitrogens is 1. The van der Waals surface area contributed by atoms with Crippen LogP contribution in [0, 0.1) is 0 Å². The van der Waals surface area contributed by atoms with Crippen LogP contribution in [0.25, 0.3) is 0 Å². The van der Waals surface area contributed by atoms with E-state index in [4.69, 9.17) is 11.6 Å². The minimum atomic E-state index is -0.0506. The van der Waals surface area contributed by atoms with Crippen LogP contribution in [0.1, 0.15) is 29.6 Å². The van der Waals surface area contributed by atoms with Crippen molar-refractivity contribution in [2.75, 3.05) is 30.3 Å². The summed E-state index contributed by atoms with van der Waals surface area (Å²) in [6, 6.07) is 11.4. The van der Waals surface area contributed by atoms with Gasteiger partial charge in [0.05, 0.1) is 5.56 Å². The molecule has 1 saturated heterocycles. The number of benzene rings is 1. The molecule has 0 radical (unpaired) electrons. The lowest BCUT2D eigenvalue weighted by Gasteiger charge is -2.29. The Morgan fingerprint density at radius 1 is 1.16 bits per heavy atom. The van der Waals surface area contributed by atoms with Crippen LogP contribution in [0.5, 0.6) is 0 Å². The fourth-order valence-corrected chi connectivity index (χ4v) is 3.79. The van der Waals surface area contributed by atoms with E-state index in [-0.39, 0.29) is 5.91 Å². The Hall–Kier alpha value is -1.72. The van der Waals surface area contributed by atoms with Gasteiger partial charge in [-0.3, -0.25) is 4.79 Å². The van der Waals surface area contributed by atoms with Gasteiger partial charge in [0.1, 0.15) is 5.82 Å². The number of thioether (sulfide) groups is 1. The van der Waals surface area contributed by atoms with E-state index in [1.807, 2.05) is 36.4 Å². The van der Waals surface area contributed by atoms with E-state index < -0.39 is 0 Å². The summed E-state index contributed by atoms with van der Waals surface area (Å²) in [6.45, 7) is 2.56. The van der Waals surface area contributed by atoms with E-state index >= 15 is 0 Å². The van der Waals surface area contributed by atoms with Crippen LogP contribution in [0.15, 0.2) is 47.5 Å². The van der Waals surface area contributed by atoms with Gasteiger partial charge in [-0.1, -0.05) is 11.6 Å². The Balaban J connectivity index is 1.53. The summed E-state index contributed by atoms with van der Waals surface area (Å²) < 4.78 is 0. The maximum atomic E-state index is 12.6. The molecule has 1 aromatic carbocycles. The molecule has 0 spiro atoms. The quantitative estimate of drug-likeness (QED) is 0.605. The van der Waals surface area contributed by atoms with Gasteiger partial charge in [-0.15, -0.1) is 11.8 Å². The minimum Gasteiger partial charge on any atom is -0.356 e. The van der Waals surface area contributed by atoms with Crippen LogP contribution >= 0.6 is 23.4 Å². The number of piperidine rings is 1. The Kier molecular flexibility index (Phi) is 6.59. The first-order valence-electron chi connectivity index (χ1n) is 8.60. The molecule has 0 atom stereocenters. The van der Waals surface area contributed by atoms with Gasteiger partial charge in [0.15, 0.2) is 0 Å². The van der Waals surface area contributed by atoms with E-state index in [0.717, 1.165) is 47.4 Å². The Morgan fingerprint density at radius 2 is 1.92 bits per heavy atom. The number of rotatable bonds is 6. The van der Waals surface area contributed by atoms with Gasteiger partial charge in [-0.05, 0) is 55.7 Å². The van der Waals surface area contributed by atoms with E-state index in [0.29, 0.717) is 12.1 Å². The number of amides is 1. The molecule has 0 unspecified atom stereocenters. The zero-order chi connectivity index (χ0) is 17.5. The molecular formula is C19H22ClN3OS. The molecule has 1 aliphatic heterocycles. The van der Waals surface area contributed by atoms with Crippen LogP contribution in [0.4, 0.5) is 5.82 Å². The number of nitrogens with zero attached hydrogens (tertiary/aromatic N) is 2. The average molecular weight is 376 g/mol. The third-order valence-corrected chi connectivity index (χ3v) is 5.42. The first-order valence-corrected chi connectivity index (χ1v) is 9.97. The second-order valence-corrected chi connectivity index (χ2v) is 7.59. The van der Waals surface area contributed by atoms with Crippen LogP contribution in [-0.2, 0) is 0 Å². The third kappa shape index (κ3) is 5.13. The lowest BCUT2D eigenvalue weighted by Crippen LogP contribution is -2.34. The van der Waals surface area contributed by atoms with Gasteiger partial charge >= 0.3 is 0 Å². The standard InChI is InChI=1S/C19H22ClN3OS/c20-15-6-8-16(9-7-15)25-14-11-22-19(24)17-5-4-10-21-18(17)23-12-2-1-3-13-23/h4-10H,1-3,11-14H2,(H,22,24). The number of carbonyl (C=O) groups is 1. The van der Waals surface area contributed by atoms with Crippen molar-refractivity contribution >= 4 is 35.1 Å². The highest BCUT2D eigenvalue weighted by Crippen LogP contribution is 2.22. The van der Waals surface area contributed by atoms with Crippen molar-refractivity contribution in [3.8, 4) is 0 Å². The largest absolute Gasteiger partial charge is 0.356 e. The lowest BCUT2D eigenvalue weighted by atomic mass is 10.1. The Labute approximate surface area is 158 Å². The maximum Gasteiger partial charge on any atom is 0.255 e. The third-order valence-electron chi connectivity index (χ3n) is 4.16. The van der Waals surface area contributed by atoms with Gasteiger partial charge in [0, 0.05) is 41.5 Å². The molecule has 1 amide bonds. The zero-order valence-corrected chi connectivity index (χ0v) is 15.7. The number of nitrogens with one attached hydrogen (secondary N) is 1. The molecule has 0 bridgehead atoms.